The van der Waals surface area contributed by atoms with Gasteiger partial charge in [-0.15, -0.1) is 29.7 Å². The fourth-order valence-electron chi connectivity index (χ4n) is 15.3. The van der Waals surface area contributed by atoms with Gasteiger partial charge in [0.25, 0.3) is 0 Å². The first-order chi connectivity index (χ1) is 47.2. The summed E-state index contributed by atoms with van der Waals surface area (Å²) < 4.78 is 22.4. The zero-order valence-electron chi connectivity index (χ0n) is 53.8. The molecule has 97 heavy (non-hydrogen) atoms. The monoisotopic (exact) mass is 1430 g/mol. The van der Waals surface area contributed by atoms with Crippen molar-refractivity contribution in [3.05, 3.63) is 289 Å². The summed E-state index contributed by atoms with van der Waals surface area (Å²) >= 11 is 0. The summed E-state index contributed by atoms with van der Waals surface area (Å²) in [6, 6.07) is 84.6. The van der Waals surface area contributed by atoms with Crippen LogP contribution in [0.5, 0.6) is 23.0 Å². The molecule has 8 aromatic heterocycles. The average molecular weight is 1430 g/mol. The first kappa shape index (κ1) is 58.4. The minimum absolute atomic E-state index is 0. The number of aromatic nitrogens is 8. The molecule has 0 spiro atoms. The smallest absolute Gasteiger partial charge is 0.503 e. The molecule has 10 aromatic carbocycles. The van der Waals surface area contributed by atoms with Gasteiger partial charge in [0.15, 0.2) is 0 Å². The predicted octanol–water partition coefficient (Wildman–Crippen LogP) is 21.2. The molecule has 0 fully saturated rings. The van der Waals surface area contributed by atoms with Crippen molar-refractivity contribution in [2.45, 2.75) is 65.2 Å². The Morgan fingerprint density at radius 1 is 0.371 bits per heavy atom. The number of benzene rings is 10. The minimum Gasteiger partial charge on any atom is -0.503 e. The maximum Gasteiger partial charge on any atom is 2.00 e. The number of hydrogen-bond acceptors (Lipinski definition) is 6. The second-order valence-electron chi connectivity index (χ2n) is 26.3. The molecule has 0 N–H and O–H groups in total. The largest absolute Gasteiger partial charge is 2.00 e. The fraction of sp³-hybridized carbons (Fsp3) is 0.116. The molecule has 468 valence electrons. The van der Waals surface area contributed by atoms with E-state index in [-0.39, 0.29) is 21.1 Å². The number of fused-ring (bicyclic) bond motifs is 12. The molecule has 0 saturated heterocycles. The van der Waals surface area contributed by atoms with Crippen LogP contribution in [0.15, 0.2) is 243 Å². The normalized spacial score (nSPS) is 12.7. The standard InChI is InChI=1S/C43H32N4O.C43H30N4O.Pt/c2*1-26(2)28-18-19-44-41(22-28)47-39-11-7-6-10-35(39)36-17-15-33(24-40(36)47)48-32-14-16-34-37-21-30(27-8-4-3-5-9-27)20-29-12-13-31-25-45-43(38(34)23-32)46(31)42(29)37;/h3-11,14-26H,12-13H2,1-2H3;3-11,14-22,25-26H,12-13H2,1-2H3;/q;-2;+2. The molecule has 10 nitrogen and oxygen atoms in total. The third-order valence-electron chi connectivity index (χ3n) is 20.0. The Kier molecular flexibility index (Phi) is 13.9. The molecule has 0 unspecified atom stereocenters. The molecular weight excluding hydrogens is 1370 g/mol. The molecule has 2 aliphatic rings. The van der Waals surface area contributed by atoms with Crippen molar-refractivity contribution in [1.82, 2.24) is 37.9 Å². The molecule has 10 heterocycles. The molecule has 0 aliphatic carbocycles. The molecule has 0 atom stereocenters. The topological polar surface area (TPSA) is 88.7 Å². The third kappa shape index (κ3) is 9.55. The number of para-hydroxylation sites is 2. The van der Waals surface area contributed by atoms with E-state index in [1.807, 2.05) is 36.9 Å². The van der Waals surface area contributed by atoms with E-state index in [2.05, 4.69) is 264 Å². The molecule has 0 amide bonds. The van der Waals surface area contributed by atoms with Crippen LogP contribution in [0.4, 0.5) is 0 Å². The summed E-state index contributed by atoms with van der Waals surface area (Å²) in [5, 5.41) is 11.5. The van der Waals surface area contributed by atoms with Crippen LogP contribution < -0.4 is 9.47 Å². The Bertz CT molecular complexity index is 5860. The number of rotatable bonds is 10. The van der Waals surface area contributed by atoms with Crippen LogP contribution in [0.2, 0.25) is 0 Å². The summed E-state index contributed by atoms with van der Waals surface area (Å²) in [5.74, 6) is 5.40. The Balaban J connectivity index is 0.000000140. The van der Waals surface area contributed by atoms with Crippen molar-refractivity contribution in [3.63, 3.8) is 0 Å². The Labute approximate surface area is 573 Å². The van der Waals surface area contributed by atoms with Crippen molar-refractivity contribution in [2.75, 3.05) is 0 Å². The maximum absolute atomic E-state index is 6.67. The van der Waals surface area contributed by atoms with Crippen LogP contribution in [-0.4, -0.2) is 37.9 Å². The first-order valence-corrected chi connectivity index (χ1v) is 33.3. The summed E-state index contributed by atoms with van der Waals surface area (Å²) in [6.45, 7) is 8.84. The van der Waals surface area contributed by atoms with Crippen LogP contribution in [-0.2, 0) is 46.7 Å². The van der Waals surface area contributed by atoms with Gasteiger partial charge in [0.05, 0.1) is 22.2 Å². The van der Waals surface area contributed by atoms with Gasteiger partial charge in [-0.3, -0.25) is 14.0 Å². The zero-order chi connectivity index (χ0) is 63.9. The fourth-order valence-corrected chi connectivity index (χ4v) is 15.3. The van der Waals surface area contributed by atoms with Gasteiger partial charge in [-0.1, -0.05) is 153 Å². The van der Waals surface area contributed by atoms with E-state index < -0.39 is 0 Å². The van der Waals surface area contributed by atoms with Gasteiger partial charge in [0.2, 0.25) is 0 Å². The van der Waals surface area contributed by atoms with E-state index in [9.17, 15) is 0 Å². The summed E-state index contributed by atoms with van der Waals surface area (Å²) in [5.41, 5.74) is 21.3. The quantitative estimate of drug-likeness (QED) is 0.100. The summed E-state index contributed by atoms with van der Waals surface area (Å²) in [6.07, 6.45) is 11.8. The molecule has 2 aliphatic heterocycles. The van der Waals surface area contributed by atoms with Crippen LogP contribution in [0.3, 0.4) is 0 Å². The van der Waals surface area contributed by atoms with Gasteiger partial charge in [0, 0.05) is 86.3 Å². The number of ether oxygens (including phenoxy) is 2. The molecule has 0 saturated carbocycles. The Morgan fingerprint density at radius 3 is 1.52 bits per heavy atom. The zero-order valence-corrected chi connectivity index (χ0v) is 56.1. The van der Waals surface area contributed by atoms with E-state index in [0.717, 1.165) is 109 Å². The second kappa shape index (κ2) is 23.0. The van der Waals surface area contributed by atoms with Gasteiger partial charge in [-0.2, -0.15) is 6.07 Å². The van der Waals surface area contributed by atoms with E-state index >= 15 is 0 Å². The van der Waals surface area contributed by atoms with Crippen LogP contribution in [0, 0.1) is 12.1 Å². The van der Waals surface area contributed by atoms with Crippen molar-refractivity contribution in [3.8, 4) is 56.9 Å². The number of imidazole rings is 2. The van der Waals surface area contributed by atoms with Crippen molar-refractivity contribution < 1.29 is 30.5 Å². The number of hydrogen-bond donors (Lipinski definition) is 0. The van der Waals surface area contributed by atoms with E-state index in [4.69, 9.17) is 29.4 Å². The Morgan fingerprint density at radius 2 is 0.876 bits per heavy atom. The van der Waals surface area contributed by atoms with Crippen molar-refractivity contribution in [2.24, 2.45) is 0 Å². The van der Waals surface area contributed by atoms with Gasteiger partial charge < -0.3 is 18.4 Å². The minimum atomic E-state index is 0. The predicted molar refractivity (Wildman–Crippen MR) is 389 cm³/mol. The van der Waals surface area contributed by atoms with Crippen LogP contribution in [0.1, 0.15) is 73.2 Å². The summed E-state index contributed by atoms with van der Waals surface area (Å²) in [7, 11) is 0. The van der Waals surface area contributed by atoms with Crippen molar-refractivity contribution >= 4 is 98.3 Å². The van der Waals surface area contributed by atoms with Gasteiger partial charge in [-0.05, 0) is 183 Å². The Hall–Kier alpha value is -11.2. The number of aryl methyl sites for hydroxylation is 4. The van der Waals surface area contributed by atoms with Crippen molar-refractivity contribution in [1.29, 1.82) is 0 Å². The van der Waals surface area contributed by atoms with Gasteiger partial charge in [-0.25, -0.2) is 15.0 Å². The second-order valence-corrected chi connectivity index (χ2v) is 26.3. The molecular formula is C86H62N8O2Pt. The number of pyridine rings is 4. The van der Waals surface area contributed by atoms with E-state index in [1.54, 1.807) is 0 Å². The molecule has 20 rings (SSSR count). The number of nitrogens with zero attached hydrogens (tertiary/aromatic N) is 8. The molecule has 0 radical (unpaired) electrons. The van der Waals surface area contributed by atoms with E-state index in [0.29, 0.717) is 23.3 Å². The third-order valence-corrected chi connectivity index (χ3v) is 20.0. The van der Waals surface area contributed by atoms with Crippen LogP contribution >= 0.6 is 0 Å². The maximum atomic E-state index is 6.67. The molecule has 0 bridgehead atoms. The SMILES string of the molecule is CC(C)c1ccnc(-n2c3[c-]c(Oc4[c-]c5c(cc4)c4cc(-c6ccccc6)cc6c4n4c(cnc54)CC6)ccc3c3ccccc32)c1.CC(C)c1ccnc(-n2c3ccccc3c3ccc(Oc4ccc5c(c4)c4ncc6n4c4c(cc(-c7ccccc7)cc54)CC6)cc32)c1.[Pt+2]. The van der Waals surface area contributed by atoms with Gasteiger partial charge in [0.1, 0.15) is 28.8 Å². The molecule has 11 heteroatoms. The average Bonchev–Trinajstić information content (AvgIpc) is 1.71. The van der Waals surface area contributed by atoms with E-state index in [1.165, 1.54) is 93.9 Å². The first-order valence-electron chi connectivity index (χ1n) is 33.3. The van der Waals surface area contributed by atoms with Crippen LogP contribution in [0.25, 0.3) is 132 Å². The summed E-state index contributed by atoms with van der Waals surface area (Å²) in [4.78, 5) is 19.5. The van der Waals surface area contributed by atoms with Gasteiger partial charge >= 0.3 is 21.1 Å². The molecule has 18 aromatic rings.